The molecule has 202 valence electrons. The van der Waals surface area contributed by atoms with E-state index in [0.717, 1.165) is 22.3 Å². The van der Waals surface area contributed by atoms with Crippen molar-refractivity contribution in [3.8, 4) is 17.0 Å². The van der Waals surface area contributed by atoms with Crippen molar-refractivity contribution in [2.45, 2.75) is 65.1 Å². The van der Waals surface area contributed by atoms with Gasteiger partial charge in [0.25, 0.3) is 0 Å². The molecular formula is C28H36N6O4. The number of hydrogen-bond acceptors (Lipinski definition) is 6. The number of amides is 3. The number of aromatic hydroxyl groups is 1. The van der Waals surface area contributed by atoms with Crippen LogP contribution in [0.1, 0.15) is 45.9 Å². The van der Waals surface area contributed by atoms with Crippen LogP contribution in [0.15, 0.2) is 30.3 Å². The minimum atomic E-state index is -0.559. The van der Waals surface area contributed by atoms with Crippen molar-refractivity contribution in [1.29, 1.82) is 0 Å². The van der Waals surface area contributed by atoms with E-state index >= 15 is 0 Å². The second-order valence-electron chi connectivity index (χ2n) is 11.4. The average molecular weight is 521 g/mol. The van der Waals surface area contributed by atoms with E-state index in [1.807, 2.05) is 62.6 Å². The molecule has 3 aromatic rings. The first-order valence-corrected chi connectivity index (χ1v) is 13.2. The number of nitrogens with one attached hydrogen (secondary N) is 1. The number of urea groups is 1. The van der Waals surface area contributed by atoms with Crippen LogP contribution in [0.4, 0.5) is 9.59 Å². The predicted octanol–water partition coefficient (Wildman–Crippen LogP) is 4.18. The number of H-pyrrole nitrogens is 1. The lowest BCUT2D eigenvalue weighted by atomic mass is 10.1. The number of para-hydroxylation sites is 1. The van der Waals surface area contributed by atoms with Gasteiger partial charge in [-0.1, -0.05) is 12.1 Å². The molecule has 0 aliphatic carbocycles. The molecule has 0 saturated carbocycles. The molecule has 5 rings (SSSR count). The minimum Gasteiger partial charge on any atom is -0.507 e. The Kier molecular flexibility index (Phi) is 6.66. The summed E-state index contributed by atoms with van der Waals surface area (Å²) < 4.78 is 5.55. The summed E-state index contributed by atoms with van der Waals surface area (Å²) in [6.07, 6.45) is 1.03. The van der Waals surface area contributed by atoms with Crippen molar-refractivity contribution in [3.63, 3.8) is 0 Å². The van der Waals surface area contributed by atoms with Crippen LogP contribution in [0.25, 0.3) is 22.3 Å². The molecule has 2 aliphatic heterocycles. The van der Waals surface area contributed by atoms with Crippen LogP contribution in [0.2, 0.25) is 0 Å². The highest BCUT2D eigenvalue weighted by atomic mass is 16.6. The fourth-order valence-corrected chi connectivity index (χ4v) is 5.55. The van der Waals surface area contributed by atoms with Crippen LogP contribution in [-0.2, 0) is 17.6 Å². The third-order valence-corrected chi connectivity index (χ3v) is 7.26. The van der Waals surface area contributed by atoms with E-state index in [1.54, 1.807) is 17.0 Å². The van der Waals surface area contributed by atoms with Gasteiger partial charge in [-0.15, -0.1) is 10.2 Å². The largest absolute Gasteiger partial charge is 0.507 e. The highest BCUT2D eigenvalue weighted by Gasteiger charge is 2.38. The van der Waals surface area contributed by atoms with Gasteiger partial charge in [-0.3, -0.25) is 0 Å². The first-order valence-electron chi connectivity index (χ1n) is 13.2. The number of fused-ring (bicyclic) bond motifs is 3. The lowest BCUT2D eigenvalue weighted by molar-refractivity contribution is -0.00212. The minimum absolute atomic E-state index is 0.00186. The van der Waals surface area contributed by atoms with Crippen molar-refractivity contribution in [2.24, 2.45) is 0 Å². The van der Waals surface area contributed by atoms with E-state index < -0.39 is 5.60 Å². The maximum Gasteiger partial charge on any atom is 0.410 e. The molecular weight excluding hydrogens is 484 g/mol. The molecule has 1 aromatic carbocycles. The van der Waals surface area contributed by atoms with E-state index in [0.29, 0.717) is 50.3 Å². The number of phenolic OH excluding ortho intramolecular Hbond substituents is 1. The Morgan fingerprint density at radius 2 is 1.71 bits per heavy atom. The summed E-state index contributed by atoms with van der Waals surface area (Å²) in [6, 6.07) is 8.80. The Morgan fingerprint density at radius 1 is 1.03 bits per heavy atom. The number of phenols is 1. The fourth-order valence-electron chi connectivity index (χ4n) is 5.55. The summed E-state index contributed by atoms with van der Waals surface area (Å²) in [5.41, 5.74) is 3.61. The maximum atomic E-state index is 13.7. The molecule has 0 bridgehead atoms. The van der Waals surface area contributed by atoms with Gasteiger partial charge in [0.1, 0.15) is 11.4 Å². The van der Waals surface area contributed by atoms with Gasteiger partial charge < -0.3 is 29.5 Å². The normalized spacial score (nSPS) is 20.3. The molecule has 0 spiro atoms. The second-order valence-corrected chi connectivity index (χ2v) is 11.4. The highest BCUT2D eigenvalue weighted by Crippen LogP contribution is 2.32. The molecule has 0 radical (unpaired) electrons. The van der Waals surface area contributed by atoms with Gasteiger partial charge in [0, 0.05) is 61.3 Å². The highest BCUT2D eigenvalue weighted by molar-refractivity contribution is 5.85. The first-order chi connectivity index (χ1) is 18.0. The van der Waals surface area contributed by atoms with Crippen LogP contribution in [0, 0.1) is 0 Å². The smallest absolute Gasteiger partial charge is 0.410 e. The Morgan fingerprint density at radius 3 is 2.39 bits per heavy atom. The van der Waals surface area contributed by atoms with E-state index in [9.17, 15) is 14.7 Å². The number of ether oxygens (including phenoxy) is 1. The van der Waals surface area contributed by atoms with Gasteiger partial charge in [-0.2, -0.15) is 0 Å². The first kappa shape index (κ1) is 25.8. The van der Waals surface area contributed by atoms with Crippen molar-refractivity contribution in [1.82, 2.24) is 29.9 Å². The summed E-state index contributed by atoms with van der Waals surface area (Å²) in [7, 11) is 0. The summed E-state index contributed by atoms with van der Waals surface area (Å²) in [4.78, 5) is 35.2. The van der Waals surface area contributed by atoms with E-state index in [1.165, 1.54) is 0 Å². The summed E-state index contributed by atoms with van der Waals surface area (Å²) in [5.74, 6) is 0.162. The van der Waals surface area contributed by atoms with Crippen molar-refractivity contribution in [2.75, 3.05) is 26.2 Å². The molecule has 38 heavy (non-hydrogen) atoms. The number of benzene rings is 1. The molecule has 10 nitrogen and oxygen atoms in total. The molecule has 2 aromatic heterocycles. The molecule has 1 saturated heterocycles. The van der Waals surface area contributed by atoms with Crippen LogP contribution in [0.5, 0.6) is 5.75 Å². The molecule has 3 amide bonds. The van der Waals surface area contributed by atoms with E-state index in [4.69, 9.17) is 4.74 Å². The molecule has 2 aliphatic rings. The number of carbonyl (C=O) groups is 2. The number of carbonyl (C=O) groups excluding carboxylic acids is 2. The van der Waals surface area contributed by atoms with Gasteiger partial charge >= 0.3 is 12.1 Å². The third-order valence-electron chi connectivity index (χ3n) is 7.26. The number of piperazine rings is 1. The number of hydrogen-bond donors (Lipinski definition) is 2. The predicted molar refractivity (Wildman–Crippen MR) is 144 cm³/mol. The molecule has 2 atom stereocenters. The fraction of sp³-hybridized carbons (Fsp3) is 0.500. The zero-order valence-electron chi connectivity index (χ0n) is 22.7. The van der Waals surface area contributed by atoms with Gasteiger partial charge in [0.05, 0.1) is 5.69 Å². The van der Waals surface area contributed by atoms with Crippen molar-refractivity contribution >= 4 is 23.2 Å². The Labute approximate surface area is 222 Å². The standard InChI is InChI=1S/C28H36N6O4/c1-17-15-33(27(37)38-28(3,4)5)16-18(2)34(17)26(36)32-12-10-19-21-14-23(20-8-6-7-9-24(20)35)30-31-25(21)29-22(19)11-13-32/h6-9,14,17-18,35H,10-13,15-16H2,1-5H3,(H,29,31)/t17-,18+. The lowest BCUT2D eigenvalue weighted by Crippen LogP contribution is -2.62. The number of aromatic amines is 1. The number of aromatic nitrogens is 3. The lowest BCUT2D eigenvalue weighted by Gasteiger charge is -2.46. The van der Waals surface area contributed by atoms with Gasteiger partial charge in [-0.05, 0) is 64.8 Å². The molecule has 0 unspecified atom stereocenters. The summed E-state index contributed by atoms with van der Waals surface area (Å²) in [6.45, 7) is 11.6. The van der Waals surface area contributed by atoms with Crippen molar-refractivity contribution < 1.29 is 19.4 Å². The van der Waals surface area contributed by atoms with Crippen molar-refractivity contribution in [3.05, 3.63) is 41.6 Å². The SMILES string of the molecule is C[C@@H]1CN(C(=O)OC(C)(C)C)C[C@H](C)N1C(=O)N1CCc2[nH]c3nnc(-c4ccccc4O)cc3c2CC1. The third kappa shape index (κ3) is 4.99. The average Bonchev–Trinajstić information content (AvgIpc) is 3.05. The number of rotatable bonds is 1. The molecule has 1 fully saturated rings. The van der Waals surface area contributed by atoms with E-state index in [-0.39, 0.29) is 30.0 Å². The van der Waals surface area contributed by atoms with Crippen LogP contribution >= 0.6 is 0 Å². The van der Waals surface area contributed by atoms with Gasteiger partial charge in [-0.25, -0.2) is 9.59 Å². The van der Waals surface area contributed by atoms with Crippen LogP contribution < -0.4 is 0 Å². The Hall–Kier alpha value is -3.82. The number of nitrogens with zero attached hydrogens (tertiary/aromatic N) is 5. The van der Waals surface area contributed by atoms with E-state index in [2.05, 4.69) is 15.2 Å². The maximum absolute atomic E-state index is 13.7. The quantitative estimate of drug-likeness (QED) is 0.498. The van der Waals surface area contributed by atoms with Crippen LogP contribution in [-0.4, -0.2) is 91.0 Å². The summed E-state index contributed by atoms with van der Waals surface area (Å²) in [5, 5.41) is 19.9. The molecule has 10 heteroatoms. The monoisotopic (exact) mass is 520 g/mol. The van der Waals surface area contributed by atoms with Crippen LogP contribution in [0.3, 0.4) is 0 Å². The Balaban J connectivity index is 1.30. The zero-order chi connectivity index (χ0) is 27.2. The zero-order valence-corrected chi connectivity index (χ0v) is 22.7. The molecule has 2 N–H and O–H groups in total. The topological polar surface area (TPSA) is 115 Å². The summed E-state index contributed by atoms with van der Waals surface area (Å²) >= 11 is 0. The second kappa shape index (κ2) is 9.81. The molecule has 4 heterocycles. The Bertz CT molecular complexity index is 1350. The van der Waals surface area contributed by atoms with Gasteiger partial charge in [0.2, 0.25) is 0 Å². The van der Waals surface area contributed by atoms with Gasteiger partial charge in [0.15, 0.2) is 5.65 Å².